The molecule has 0 saturated carbocycles. The number of fused-ring (bicyclic) bond motifs is 3. The first-order valence-corrected chi connectivity index (χ1v) is 10.1. The van der Waals surface area contributed by atoms with Gasteiger partial charge in [-0.2, -0.15) is 0 Å². The molecule has 5 heteroatoms. The normalized spacial score (nSPS) is 22.1. The minimum Gasteiger partial charge on any atom is -0.365 e. The summed E-state index contributed by atoms with van der Waals surface area (Å²) in [5.74, 6) is 0.170. The number of nitrogens with zero attached hydrogens (tertiary/aromatic N) is 2. The number of carbonyl (C=O) groups is 1. The number of rotatable bonds is 4. The maximum absolute atomic E-state index is 12.8. The van der Waals surface area contributed by atoms with Gasteiger partial charge in [-0.05, 0) is 42.7 Å². The Morgan fingerprint density at radius 2 is 1.93 bits per heavy atom. The molecule has 0 bridgehead atoms. The average molecular weight is 384 g/mol. The zero-order valence-electron chi connectivity index (χ0n) is 15.7. The third-order valence-electron chi connectivity index (χ3n) is 5.72. The fourth-order valence-electron chi connectivity index (χ4n) is 4.41. The van der Waals surface area contributed by atoms with Gasteiger partial charge in [-0.25, -0.2) is 0 Å². The minimum absolute atomic E-state index is 0.00660. The molecule has 2 heterocycles. The summed E-state index contributed by atoms with van der Waals surface area (Å²) in [6.07, 6.45) is 0.817. The number of hydrogen-bond acceptors (Lipinski definition) is 3. The van der Waals surface area contributed by atoms with Crippen LogP contribution in [0.1, 0.15) is 18.1 Å². The molecule has 0 aliphatic carbocycles. The Morgan fingerprint density at radius 1 is 1.15 bits per heavy atom. The van der Waals surface area contributed by atoms with Crippen LogP contribution in [0.25, 0.3) is 0 Å². The summed E-state index contributed by atoms with van der Waals surface area (Å²) < 4.78 is 0. The molecule has 0 radical (unpaired) electrons. The molecule has 1 N–H and O–H groups in total. The lowest BCUT2D eigenvalue weighted by atomic mass is 9.83. The highest BCUT2D eigenvalue weighted by molar-refractivity contribution is 6.30. The molecule has 142 valence electrons. The molecule has 27 heavy (non-hydrogen) atoms. The van der Waals surface area contributed by atoms with Crippen molar-refractivity contribution in [2.75, 3.05) is 31.1 Å². The van der Waals surface area contributed by atoms with Crippen LogP contribution >= 0.6 is 11.6 Å². The van der Waals surface area contributed by atoms with Crippen molar-refractivity contribution in [3.8, 4) is 0 Å². The number of carbonyl (C=O) groups excluding carboxylic acids is 1. The van der Waals surface area contributed by atoms with Gasteiger partial charge in [-0.3, -0.25) is 9.69 Å². The molecule has 2 aromatic rings. The highest BCUT2D eigenvalue weighted by Crippen LogP contribution is 2.36. The van der Waals surface area contributed by atoms with Crippen molar-refractivity contribution in [3.63, 3.8) is 0 Å². The number of benzene rings is 2. The van der Waals surface area contributed by atoms with Gasteiger partial charge in [0.2, 0.25) is 5.91 Å². The number of hydrogen-bond donors (Lipinski definition) is 1. The molecule has 1 saturated heterocycles. The standard InChI is InChI=1S/C22H26ClN3O/c1-2-24-22(27)19-13-17-5-3-4-6-20(17)26-12-11-25(15-21(19)26)14-16-7-9-18(23)10-8-16/h3-10,19,21H,2,11-15H2,1H3,(H,24,27)/t19-,21+/m0/s1. The van der Waals surface area contributed by atoms with E-state index in [0.29, 0.717) is 6.54 Å². The first-order valence-electron chi connectivity index (χ1n) is 9.74. The van der Waals surface area contributed by atoms with Gasteiger partial charge >= 0.3 is 0 Å². The second-order valence-electron chi connectivity index (χ2n) is 7.46. The van der Waals surface area contributed by atoms with E-state index in [1.54, 1.807) is 0 Å². The van der Waals surface area contributed by atoms with Gasteiger partial charge in [0, 0.05) is 43.4 Å². The van der Waals surface area contributed by atoms with Gasteiger partial charge in [0.1, 0.15) is 0 Å². The van der Waals surface area contributed by atoms with E-state index in [0.717, 1.165) is 37.6 Å². The summed E-state index contributed by atoms with van der Waals surface area (Å²) in [7, 11) is 0. The number of amides is 1. The third kappa shape index (κ3) is 3.83. The minimum atomic E-state index is -0.00660. The summed E-state index contributed by atoms with van der Waals surface area (Å²) in [5.41, 5.74) is 3.85. The maximum Gasteiger partial charge on any atom is 0.225 e. The summed E-state index contributed by atoms with van der Waals surface area (Å²) in [4.78, 5) is 17.7. The number of halogens is 1. The maximum atomic E-state index is 12.8. The van der Waals surface area contributed by atoms with Crippen LogP contribution in [-0.2, 0) is 17.8 Å². The highest BCUT2D eigenvalue weighted by Gasteiger charge is 2.41. The quantitative estimate of drug-likeness (QED) is 0.879. The number of para-hydroxylation sites is 1. The Kier molecular flexibility index (Phi) is 5.37. The summed E-state index contributed by atoms with van der Waals surface area (Å²) in [5, 5.41) is 3.82. The molecular formula is C22H26ClN3O. The van der Waals surface area contributed by atoms with Crippen LogP contribution < -0.4 is 10.2 Å². The van der Waals surface area contributed by atoms with Crippen molar-refractivity contribution < 1.29 is 4.79 Å². The largest absolute Gasteiger partial charge is 0.365 e. The van der Waals surface area contributed by atoms with Crippen molar-refractivity contribution in [3.05, 3.63) is 64.7 Å². The average Bonchev–Trinajstić information content (AvgIpc) is 2.69. The predicted octanol–water partition coefficient (Wildman–Crippen LogP) is 3.34. The number of piperazine rings is 1. The van der Waals surface area contributed by atoms with E-state index in [9.17, 15) is 4.79 Å². The van der Waals surface area contributed by atoms with E-state index >= 15 is 0 Å². The summed E-state index contributed by atoms with van der Waals surface area (Å²) >= 11 is 6.01. The Balaban J connectivity index is 1.56. The fourth-order valence-corrected chi connectivity index (χ4v) is 4.54. The van der Waals surface area contributed by atoms with Crippen LogP contribution in [0.5, 0.6) is 0 Å². The highest BCUT2D eigenvalue weighted by atomic mass is 35.5. The lowest BCUT2D eigenvalue weighted by Crippen LogP contribution is -2.60. The van der Waals surface area contributed by atoms with Crippen LogP contribution in [0.15, 0.2) is 48.5 Å². The molecule has 4 nitrogen and oxygen atoms in total. The molecule has 0 aromatic heterocycles. The second-order valence-corrected chi connectivity index (χ2v) is 7.89. The van der Waals surface area contributed by atoms with Crippen molar-refractivity contribution in [2.24, 2.45) is 5.92 Å². The van der Waals surface area contributed by atoms with Gasteiger partial charge in [-0.1, -0.05) is 41.9 Å². The molecular weight excluding hydrogens is 358 g/mol. The Hall–Kier alpha value is -2.04. The summed E-state index contributed by atoms with van der Waals surface area (Å²) in [6.45, 7) is 6.41. The smallest absolute Gasteiger partial charge is 0.225 e. The first kappa shape index (κ1) is 18.3. The second kappa shape index (κ2) is 7.91. The molecule has 1 fully saturated rings. The van der Waals surface area contributed by atoms with Gasteiger partial charge in [0.15, 0.2) is 0 Å². The van der Waals surface area contributed by atoms with E-state index in [4.69, 9.17) is 11.6 Å². The predicted molar refractivity (Wildman–Crippen MR) is 110 cm³/mol. The topological polar surface area (TPSA) is 35.6 Å². The van der Waals surface area contributed by atoms with Crippen molar-refractivity contribution in [2.45, 2.75) is 25.9 Å². The van der Waals surface area contributed by atoms with Gasteiger partial charge < -0.3 is 10.2 Å². The third-order valence-corrected chi connectivity index (χ3v) is 5.97. The van der Waals surface area contributed by atoms with E-state index in [2.05, 4.69) is 51.5 Å². The molecule has 0 unspecified atom stereocenters. The first-order chi connectivity index (χ1) is 13.2. The SMILES string of the molecule is CCNC(=O)[C@H]1Cc2ccccc2N2CCN(Cc3ccc(Cl)cc3)C[C@H]12. The van der Waals surface area contributed by atoms with Crippen LogP contribution in [-0.4, -0.2) is 43.0 Å². The molecule has 2 aliphatic rings. The van der Waals surface area contributed by atoms with E-state index in [-0.39, 0.29) is 17.9 Å². The Labute approximate surface area is 166 Å². The Morgan fingerprint density at radius 3 is 2.70 bits per heavy atom. The molecule has 2 aromatic carbocycles. The van der Waals surface area contributed by atoms with Crippen LogP contribution in [0.4, 0.5) is 5.69 Å². The summed E-state index contributed by atoms with van der Waals surface area (Å²) in [6, 6.07) is 16.8. The zero-order chi connectivity index (χ0) is 18.8. The molecule has 2 aliphatic heterocycles. The zero-order valence-corrected chi connectivity index (χ0v) is 16.5. The van der Waals surface area contributed by atoms with Gasteiger partial charge in [0.25, 0.3) is 0 Å². The lowest BCUT2D eigenvalue weighted by molar-refractivity contribution is -0.126. The number of nitrogens with one attached hydrogen (secondary N) is 1. The van der Waals surface area contributed by atoms with Crippen LogP contribution in [0, 0.1) is 5.92 Å². The van der Waals surface area contributed by atoms with Gasteiger partial charge in [-0.15, -0.1) is 0 Å². The van der Waals surface area contributed by atoms with Crippen molar-refractivity contribution in [1.29, 1.82) is 0 Å². The van der Waals surface area contributed by atoms with E-state index in [1.807, 2.05) is 19.1 Å². The van der Waals surface area contributed by atoms with Crippen molar-refractivity contribution >= 4 is 23.2 Å². The molecule has 0 spiro atoms. The van der Waals surface area contributed by atoms with Gasteiger partial charge in [0.05, 0.1) is 12.0 Å². The molecule has 2 atom stereocenters. The van der Waals surface area contributed by atoms with Crippen LogP contribution in [0.2, 0.25) is 5.02 Å². The van der Waals surface area contributed by atoms with E-state index < -0.39 is 0 Å². The van der Waals surface area contributed by atoms with Crippen molar-refractivity contribution in [1.82, 2.24) is 10.2 Å². The lowest BCUT2D eigenvalue weighted by Gasteiger charge is -2.49. The molecule has 4 rings (SSSR count). The van der Waals surface area contributed by atoms with Crippen LogP contribution in [0.3, 0.4) is 0 Å². The number of anilines is 1. The fraction of sp³-hybridized carbons (Fsp3) is 0.409. The molecule has 1 amide bonds. The Bertz CT molecular complexity index is 807. The van der Waals surface area contributed by atoms with E-state index in [1.165, 1.54) is 16.8 Å². The monoisotopic (exact) mass is 383 g/mol.